The number of carbonyl (C=O) groups is 2. The van der Waals surface area contributed by atoms with Crippen molar-refractivity contribution in [1.82, 2.24) is 0 Å². The molecule has 0 N–H and O–H groups in total. The summed E-state index contributed by atoms with van der Waals surface area (Å²) in [6.07, 6.45) is 0.221. The molecule has 6 heteroatoms. The Morgan fingerprint density at radius 2 is 1.46 bits per heavy atom. The Hall–Kier alpha value is -2.11. The van der Waals surface area contributed by atoms with Crippen LogP contribution < -0.4 is 5.63 Å². The van der Waals surface area contributed by atoms with Crippen LogP contribution in [0.4, 0.5) is 0 Å². The van der Waals surface area contributed by atoms with E-state index >= 15 is 0 Å². The molecular formula is C18H24O6. The van der Waals surface area contributed by atoms with Gasteiger partial charge in [0.15, 0.2) is 5.41 Å². The molecule has 0 saturated heterocycles. The van der Waals surface area contributed by atoms with Crippen LogP contribution in [0.5, 0.6) is 0 Å². The minimum absolute atomic E-state index is 0.0428. The number of rotatable bonds is 4. The first-order chi connectivity index (χ1) is 11.2. The van der Waals surface area contributed by atoms with Crippen molar-refractivity contribution in [3.63, 3.8) is 0 Å². The molecule has 0 unspecified atom stereocenters. The first kappa shape index (κ1) is 18.2. The van der Waals surface area contributed by atoms with Crippen LogP contribution in [0.1, 0.15) is 62.0 Å². The summed E-state index contributed by atoms with van der Waals surface area (Å²) in [5.74, 6) is -0.903. The van der Waals surface area contributed by atoms with E-state index in [1.54, 1.807) is 0 Å². The van der Waals surface area contributed by atoms with Crippen molar-refractivity contribution in [2.24, 2.45) is 5.41 Å². The fourth-order valence-corrected chi connectivity index (χ4v) is 3.53. The quantitative estimate of drug-likeness (QED) is 0.620. The van der Waals surface area contributed by atoms with Crippen LogP contribution in [0.15, 0.2) is 9.21 Å². The van der Waals surface area contributed by atoms with Crippen LogP contribution in [0.3, 0.4) is 0 Å². The summed E-state index contributed by atoms with van der Waals surface area (Å²) < 4.78 is 15.3. The lowest BCUT2D eigenvalue weighted by atomic mass is 9.84. The molecule has 0 spiro atoms. The lowest BCUT2D eigenvalue weighted by molar-refractivity contribution is -0.168. The molecule has 0 aromatic carbocycles. The zero-order valence-electron chi connectivity index (χ0n) is 15.0. The maximum atomic E-state index is 12.4. The SMILES string of the molecule is COC(=O)C1(C(=O)OC)Cc2c(C(C)C)oc(=O)c(C(C)C)c2C1. The normalized spacial score (nSPS) is 15.5. The number of methoxy groups -OCH3 is 2. The maximum absolute atomic E-state index is 12.4. The molecule has 0 amide bonds. The van der Waals surface area contributed by atoms with Gasteiger partial charge in [-0.15, -0.1) is 0 Å². The lowest BCUT2D eigenvalue weighted by Crippen LogP contribution is -2.42. The second kappa shape index (κ2) is 6.42. The van der Waals surface area contributed by atoms with Crippen LogP contribution in [0.2, 0.25) is 0 Å². The van der Waals surface area contributed by atoms with Gasteiger partial charge in [0.05, 0.1) is 14.2 Å². The Kier molecular flexibility index (Phi) is 4.87. The van der Waals surface area contributed by atoms with E-state index in [1.807, 2.05) is 27.7 Å². The molecule has 1 aromatic heterocycles. The molecule has 1 aliphatic rings. The van der Waals surface area contributed by atoms with Crippen molar-refractivity contribution in [1.29, 1.82) is 0 Å². The predicted molar refractivity (Wildman–Crippen MR) is 87.0 cm³/mol. The van der Waals surface area contributed by atoms with E-state index in [0.29, 0.717) is 11.3 Å². The number of ether oxygens (including phenoxy) is 2. The van der Waals surface area contributed by atoms with E-state index in [4.69, 9.17) is 13.9 Å². The monoisotopic (exact) mass is 336 g/mol. The molecule has 0 saturated carbocycles. The van der Waals surface area contributed by atoms with Crippen molar-refractivity contribution in [3.8, 4) is 0 Å². The first-order valence-corrected chi connectivity index (χ1v) is 8.05. The second-order valence-corrected chi connectivity index (χ2v) is 6.85. The van der Waals surface area contributed by atoms with Crippen LogP contribution in [-0.4, -0.2) is 26.2 Å². The highest BCUT2D eigenvalue weighted by atomic mass is 16.5. The van der Waals surface area contributed by atoms with E-state index < -0.39 is 23.0 Å². The van der Waals surface area contributed by atoms with E-state index in [1.165, 1.54) is 14.2 Å². The Morgan fingerprint density at radius 1 is 0.958 bits per heavy atom. The number of esters is 2. The third-order valence-electron chi connectivity index (χ3n) is 4.62. The van der Waals surface area contributed by atoms with Gasteiger partial charge >= 0.3 is 17.6 Å². The number of hydrogen-bond acceptors (Lipinski definition) is 6. The topological polar surface area (TPSA) is 82.8 Å². The molecule has 24 heavy (non-hydrogen) atoms. The molecule has 132 valence electrons. The molecular weight excluding hydrogens is 312 g/mol. The summed E-state index contributed by atoms with van der Waals surface area (Å²) in [5, 5.41) is 0. The molecule has 1 heterocycles. The summed E-state index contributed by atoms with van der Waals surface area (Å²) in [6, 6.07) is 0. The van der Waals surface area contributed by atoms with Crippen molar-refractivity contribution in [3.05, 3.63) is 32.9 Å². The van der Waals surface area contributed by atoms with Crippen molar-refractivity contribution in [2.45, 2.75) is 52.4 Å². The lowest BCUT2D eigenvalue weighted by Gasteiger charge is -2.22. The second-order valence-electron chi connectivity index (χ2n) is 6.85. The van der Waals surface area contributed by atoms with Gasteiger partial charge in [-0.1, -0.05) is 27.7 Å². The third-order valence-corrected chi connectivity index (χ3v) is 4.62. The molecule has 6 nitrogen and oxygen atoms in total. The highest BCUT2D eigenvalue weighted by Gasteiger charge is 2.54. The van der Waals surface area contributed by atoms with Gasteiger partial charge in [-0.3, -0.25) is 9.59 Å². The number of hydrogen-bond donors (Lipinski definition) is 0. The van der Waals surface area contributed by atoms with E-state index in [-0.39, 0.29) is 24.7 Å². The molecule has 0 fully saturated rings. The molecule has 0 radical (unpaired) electrons. The number of carbonyl (C=O) groups excluding carboxylic acids is 2. The van der Waals surface area contributed by atoms with Gasteiger partial charge in [0, 0.05) is 24.3 Å². The van der Waals surface area contributed by atoms with Crippen molar-refractivity contribution in [2.75, 3.05) is 14.2 Å². The average molecular weight is 336 g/mol. The zero-order valence-corrected chi connectivity index (χ0v) is 15.0. The Morgan fingerprint density at radius 3 is 1.88 bits per heavy atom. The van der Waals surface area contributed by atoms with Crippen molar-refractivity contribution >= 4 is 11.9 Å². The molecule has 0 aliphatic heterocycles. The summed E-state index contributed by atoms with van der Waals surface area (Å²) >= 11 is 0. The Balaban J connectivity index is 2.75. The largest absolute Gasteiger partial charge is 0.468 e. The van der Waals surface area contributed by atoms with Gasteiger partial charge in [0.2, 0.25) is 0 Å². The molecule has 0 atom stereocenters. The van der Waals surface area contributed by atoms with E-state index in [0.717, 1.165) is 11.1 Å². The minimum atomic E-state index is -1.46. The van der Waals surface area contributed by atoms with Crippen LogP contribution in [0.25, 0.3) is 0 Å². The standard InChI is InChI=1S/C18H24O6/c1-9(2)13-11-7-18(16(20)22-5,17(21)23-6)8-12(11)14(10(3)4)24-15(13)19/h9-10H,7-8H2,1-6H3. The highest BCUT2D eigenvalue weighted by Crippen LogP contribution is 2.44. The highest BCUT2D eigenvalue weighted by molar-refractivity contribution is 6.01. The first-order valence-electron chi connectivity index (χ1n) is 8.05. The smallest absolute Gasteiger partial charge is 0.339 e. The van der Waals surface area contributed by atoms with Gasteiger partial charge in [-0.05, 0) is 17.0 Å². The summed E-state index contributed by atoms with van der Waals surface area (Å²) in [6.45, 7) is 7.59. The average Bonchev–Trinajstić information content (AvgIpc) is 2.92. The molecule has 1 aliphatic carbocycles. The minimum Gasteiger partial charge on any atom is -0.468 e. The Bertz CT molecular complexity index is 710. The van der Waals surface area contributed by atoms with Crippen LogP contribution >= 0.6 is 0 Å². The molecule has 2 rings (SSSR count). The summed E-state index contributed by atoms with van der Waals surface area (Å²) in [4.78, 5) is 37.3. The maximum Gasteiger partial charge on any atom is 0.339 e. The Labute approximate surface area is 141 Å². The molecule has 1 aromatic rings. The summed E-state index contributed by atoms with van der Waals surface area (Å²) in [7, 11) is 2.48. The number of fused-ring (bicyclic) bond motifs is 1. The van der Waals surface area contributed by atoms with Gasteiger partial charge in [0.1, 0.15) is 5.76 Å². The van der Waals surface area contributed by atoms with E-state index in [9.17, 15) is 14.4 Å². The van der Waals surface area contributed by atoms with Gasteiger partial charge < -0.3 is 13.9 Å². The van der Waals surface area contributed by atoms with Gasteiger partial charge in [0.25, 0.3) is 0 Å². The predicted octanol–water partition coefficient (Wildman–Crippen LogP) is 2.32. The molecule has 0 bridgehead atoms. The van der Waals surface area contributed by atoms with Crippen LogP contribution in [0, 0.1) is 5.41 Å². The van der Waals surface area contributed by atoms with E-state index in [2.05, 4.69) is 0 Å². The fourth-order valence-electron chi connectivity index (χ4n) is 3.53. The summed E-state index contributed by atoms with van der Waals surface area (Å²) in [5.41, 5.74) is 0.134. The van der Waals surface area contributed by atoms with Crippen LogP contribution in [-0.2, 0) is 31.9 Å². The fraction of sp³-hybridized carbons (Fsp3) is 0.611. The third kappa shape index (κ3) is 2.64. The zero-order chi connectivity index (χ0) is 18.2. The van der Waals surface area contributed by atoms with Crippen molar-refractivity contribution < 1.29 is 23.5 Å². The van der Waals surface area contributed by atoms with Gasteiger partial charge in [-0.2, -0.15) is 0 Å². The van der Waals surface area contributed by atoms with Gasteiger partial charge in [-0.25, -0.2) is 4.79 Å².